The minimum Gasteiger partial charge on any atom is -0.493 e. The number of anilines is 1. The monoisotopic (exact) mass is 557 g/mol. The molecule has 0 aliphatic heterocycles. The van der Waals surface area contributed by atoms with Crippen molar-refractivity contribution < 1.29 is 9.47 Å². The molecular formula is C22H19Br2Cl2NO2. The first-order valence-electron chi connectivity index (χ1n) is 8.80. The Morgan fingerprint density at radius 2 is 1.79 bits per heavy atom. The summed E-state index contributed by atoms with van der Waals surface area (Å²) in [6.45, 7) is 3.03. The fourth-order valence-electron chi connectivity index (χ4n) is 2.83. The highest BCUT2D eigenvalue weighted by Gasteiger charge is 2.13. The third-order valence-electron chi connectivity index (χ3n) is 4.35. The Morgan fingerprint density at radius 3 is 2.48 bits per heavy atom. The van der Waals surface area contributed by atoms with Crippen LogP contribution in [0, 0.1) is 6.92 Å². The van der Waals surface area contributed by atoms with Gasteiger partial charge in [-0.15, -0.1) is 0 Å². The van der Waals surface area contributed by atoms with Gasteiger partial charge in [0.25, 0.3) is 0 Å². The van der Waals surface area contributed by atoms with Crippen molar-refractivity contribution in [2.45, 2.75) is 20.1 Å². The van der Waals surface area contributed by atoms with Crippen molar-refractivity contribution in [2.75, 3.05) is 12.4 Å². The first-order valence-corrected chi connectivity index (χ1v) is 11.1. The molecule has 0 atom stereocenters. The average molecular weight is 560 g/mol. The lowest BCUT2D eigenvalue weighted by molar-refractivity contribution is 0.282. The summed E-state index contributed by atoms with van der Waals surface area (Å²) in [5, 5.41) is 4.62. The van der Waals surface area contributed by atoms with Gasteiger partial charge in [0.2, 0.25) is 0 Å². The van der Waals surface area contributed by atoms with Crippen molar-refractivity contribution in [3.63, 3.8) is 0 Å². The second kappa shape index (κ2) is 10.1. The molecule has 3 aromatic carbocycles. The summed E-state index contributed by atoms with van der Waals surface area (Å²) in [5.41, 5.74) is 4.17. The zero-order valence-corrected chi connectivity index (χ0v) is 20.5. The molecule has 0 saturated carbocycles. The molecule has 0 heterocycles. The third-order valence-corrected chi connectivity index (χ3v) is 6.02. The summed E-state index contributed by atoms with van der Waals surface area (Å²) in [4.78, 5) is 0. The van der Waals surface area contributed by atoms with E-state index in [-0.39, 0.29) is 0 Å². The van der Waals surface area contributed by atoms with Crippen LogP contribution in [0.3, 0.4) is 0 Å². The molecule has 3 aromatic rings. The predicted octanol–water partition coefficient (Wildman–Crippen LogP) is 8.03. The fraction of sp³-hybridized carbons (Fsp3) is 0.182. The lowest BCUT2D eigenvalue weighted by atomic mass is 10.1. The highest BCUT2D eigenvalue weighted by atomic mass is 79.9. The van der Waals surface area contributed by atoms with Gasteiger partial charge in [-0.25, -0.2) is 0 Å². The van der Waals surface area contributed by atoms with Crippen molar-refractivity contribution in [2.24, 2.45) is 0 Å². The topological polar surface area (TPSA) is 30.5 Å². The molecule has 0 aromatic heterocycles. The van der Waals surface area contributed by atoms with Crippen molar-refractivity contribution in [1.29, 1.82) is 0 Å². The maximum atomic E-state index is 6.24. The first kappa shape index (κ1) is 22.3. The van der Waals surface area contributed by atoms with Gasteiger partial charge in [0.05, 0.1) is 11.6 Å². The number of nitrogens with one attached hydrogen (secondary N) is 1. The molecule has 0 saturated heterocycles. The lowest BCUT2D eigenvalue weighted by Crippen LogP contribution is -2.04. The zero-order chi connectivity index (χ0) is 21.0. The summed E-state index contributed by atoms with van der Waals surface area (Å²) in [6.07, 6.45) is 0. The van der Waals surface area contributed by atoms with Crippen LogP contribution >= 0.6 is 55.1 Å². The van der Waals surface area contributed by atoms with E-state index in [4.69, 9.17) is 32.7 Å². The van der Waals surface area contributed by atoms with Crippen LogP contribution in [0.2, 0.25) is 10.0 Å². The third kappa shape index (κ3) is 5.82. The Hall–Kier alpha value is -1.40. The van der Waals surface area contributed by atoms with Crippen LogP contribution in [0.4, 0.5) is 5.69 Å². The summed E-state index contributed by atoms with van der Waals surface area (Å²) < 4.78 is 13.4. The van der Waals surface area contributed by atoms with E-state index in [0.717, 1.165) is 25.8 Å². The largest absolute Gasteiger partial charge is 0.493 e. The van der Waals surface area contributed by atoms with Crippen LogP contribution in [-0.4, -0.2) is 7.11 Å². The number of halogens is 4. The van der Waals surface area contributed by atoms with Gasteiger partial charge in [0, 0.05) is 32.3 Å². The van der Waals surface area contributed by atoms with E-state index >= 15 is 0 Å². The van der Waals surface area contributed by atoms with Crippen LogP contribution < -0.4 is 14.8 Å². The number of benzene rings is 3. The van der Waals surface area contributed by atoms with Gasteiger partial charge in [0.1, 0.15) is 6.61 Å². The molecule has 0 aliphatic rings. The molecule has 29 heavy (non-hydrogen) atoms. The van der Waals surface area contributed by atoms with Crippen LogP contribution in [0.5, 0.6) is 11.5 Å². The van der Waals surface area contributed by atoms with Gasteiger partial charge in [-0.05, 0) is 76.4 Å². The van der Waals surface area contributed by atoms with Crippen molar-refractivity contribution in [3.8, 4) is 11.5 Å². The molecule has 0 bridgehead atoms. The normalized spacial score (nSPS) is 10.7. The minimum atomic E-state index is 0.306. The van der Waals surface area contributed by atoms with Gasteiger partial charge in [0.15, 0.2) is 11.5 Å². The Balaban J connectivity index is 1.74. The molecule has 0 spiro atoms. The molecular weight excluding hydrogens is 541 g/mol. The maximum Gasteiger partial charge on any atom is 0.175 e. The van der Waals surface area contributed by atoms with Gasteiger partial charge in [-0.1, -0.05) is 45.2 Å². The SMILES string of the molecule is COc1cc(CNc2ccc(Br)cc2C)cc(Br)c1OCc1ccc(Cl)cc1Cl. The molecule has 0 amide bonds. The summed E-state index contributed by atoms with van der Waals surface area (Å²) >= 11 is 19.3. The van der Waals surface area contributed by atoms with Gasteiger partial charge < -0.3 is 14.8 Å². The number of rotatable bonds is 7. The molecule has 0 radical (unpaired) electrons. The fourth-order valence-corrected chi connectivity index (χ4v) is 4.37. The number of methoxy groups -OCH3 is 1. The minimum absolute atomic E-state index is 0.306. The molecule has 7 heteroatoms. The van der Waals surface area contributed by atoms with E-state index in [1.165, 1.54) is 5.56 Å². The van der Waals surface area contributed by atoms with E-state index in [2.05, 4.69) is 56.2 Å². The summed E-state index contributed by atoms with van der Waals surface area (Å²) in [7, 11) is 1.62. The Bertz CT molecular complexity index is 1030. The number of ether oxygens (including phenoxy) is 2. The molecule has 3 nitrogen and oxygen atoms in total. The second-order valence-electron chi connectivity index (χ2n) is 6.45. The molecule has 3 rings (SSSR count). The quantitative estimate of drug-likeness (QED) is 0.318. The lowest BCUT2D eigenvalue weighted by Gasteiger charge is -2.16. The molecule has 0 fully saturated rings. The van der Waals surface area contributed by atoms with Crippen LogP contribution in [-0.2, 0) is 13.2 Å². The Labute approximate surface area is 197 Å². The summed E-state index contributed by atoms with van der Waals surface area (Å²) in [6, 6.07) is 15.5. The van der Waals surface area contributed by atoms with Crippen LogP contribution in [0.1, 0.15) is 16.7 Å². The Kier molecular flexibility index (Phi) is 7.74. The van der Waals surface area contributed by atoms with Crippen LogP contribution in [0.25, 0.3) is 0 Å². The maximum absolute atomic E-state index is 6.24. The van der Waals surface area contributed by atoms with Crippen molar-refractivity contribution in [3.05, 3.63) is 84.2 Å². The molecule has 152 valence electrons. The average Bonchev–Trinajstić information content (AvgIpc) is 2.67. The van der Waals surface area contributed by atoms with E-state index in [9.17, 15) is 0 Å². The Morgan fingerprint density at radius 1 is 1.00 bits per heavy atom. The summed E-state index contributed by atoms with van der Waals surface area (Å²) in [5.74, 6) is 1.27. The predicted molar refractivity (Wildman–Crippen MR) is 128 cm³/mol. The standard InChI is InChI=1S/C22H19Br2Cl2NO2/c1-13-7-16(23)4-6-20(13)27-11-14-8-18(24)22(21(9-14)28-2)29-12-15-3-5-17(25)10-19(15)26/h3-10,27H,11-12H2,1-2H3. The first-order chi connectivity index (χ1) is 13.9. The van der Waals surface area contributed by atoms with E-state index < -0.39 is 0 Å². The van der Waals surface area contributed by atoms with Crippen molar-refractivity contribution >= 4 is 60.7 Å². The second-order valence-corrected chi connectivity index (χ2v) is 9.06. The van der Waals surface area contributed by atoms with Gasteiger partial charge in [-0.3, -0.25) is 0 Å². The number of hydrogen-bond acceptors (Lipinski definition) is 3. The van der Waals surface area contributed by atoms with Gasteiger partial charge >= 0.3 is 0 Å². The highest BCUT2D eigenvalue weighted by molar-refractivity contribution is 9.10. The van der Waals surface area contributed by atoms with Crippen LogP contribution in [0.15, 0.2) is 57.5 Å². The number of aryl methyl sites for hydroxylation is 1. The molecule has 0 aliphatic carbocycles. The van der Waals surface area contributed by atoms with E-state index in [1.807, 2.05) is 24.3 Å². The van der Waals surface area contributed by atoms with E-state index in [0.29, 0.717) is 34.7 Å². The zero-order valence-electron chi connectivity index (χ0n) is 15.9. The van der Waals surface area contributed by atoms with Gasteiger partial charge in [-0.2, -0.15) is 0 Å². The van der Waals surface area contributed by atoms with Crippen molar-refractivity contribution in [1.82, 2.24) is 0 Å². The van der Waals surface area contributed by atoms with E-state index in [1.54, 1.807) is 19.2 Å². The smallest absolute Gasteiger partial charge is 0.175 e. The molecule has 1 N–H and O–H groups in total. The number of hydrogen-bond donors (Lipinski definition) is 1. The molecule has 0 unspecified atom stereocenters. The highest BCUT2D eigenvalue weighted by Crippen LogP contribution is 2.38.